The number of aromatic nitrogens is 2. The highest BCUT2D eigenvalue weighted by Crippen LogP contribution is 2.30. The van der Waals surface area contributed by atoms with E-state index < -0.39 is 0 Å². The first kappa shape index (κ1) is 9.24. The summed E-state index contributed by atoms with van der Waals surface area (Å²) in [6.07, 6.45) is 5.62. The van der Waals surface area contributed by atoms with Gasteiger partial charge in [0.2, 0.25) is 5.91 Å². The number of hydrogen-bond acceptors (Lipinski definition) is 2. The van der Waals surface area contributed by atoms with Crippen LogP contribution in [0.5, 0.6) is 0 Å². The molecule has 0 aromatic carbocycles. The molecule has 1 amide bonds. The first-order valence-electron chi connectivity index (χ1n) is 5.02. The van der Waals surface area contributed by atoms with Gasteiger partial charge in [-0.25, -0.2) is 0 Å². The number of nitrogens with one attached hydrogen (secondary N) is 1. The molecule has 0 saturated heterocycles. The quantitative estimate of drug-likeness (QED) is 0.795. The molecule has 1 saturated carbocycles. The number of amides is 1. The minimum absolute atomic E-state index is 0.133. The third-order valence-corrected chi connectivity index (χ3v) is 2.35. The third-order valence-electron chi connectivity index (χ3n) is 2.35. The monoisotopic (exact) mass is 193 g/mol. The molecule has 4 nitrogen and oxygen atoms in total. The Kier molecular flexibility index (Phi) is 2.27. The molecule has 0 bridgehead atoms. The van der Waals surface area contributed by atoms with Gasteiger partial charge in [0.25, 0.3) is 0 Å². The van der Waals surface area contributed by atoms with Gasteiger partial charge in [0.05, 0.1) is 11.9 Å². The smallest absolute Gasteiger partial charge is 0.227 e. The van der Waals surface area contributed by atoms with Crippen molar-refractivity contribution in [2.45, 2.75) is 32.7 Å². The van der Waals surface area contributed by atoms with E-state index in [1.807, 2.05) is 10.9 Å². The summed E-state index contributed by atoms with van der Waals surface area (Å²) in [4.78, 5) is 11.4. The standard InChI is InChI=1S/C10H15N3O/c1-7(2)13-6-9(5-11-13)12-10(14)8-3-4-8/h5-8H,3-4H2,1-2H3,(H,12,14). The minimum Gasteiger partial charge on any atom is -0.323 e. The highest BCUT2D eigenvalue weighted by molar-refractivity contribution is 5.93. The molecule has 2 rings (SSSR count). The van der Waals surface area contributed by atoms with E-state index in [0.29, 0.717) is 6.04 Å². The highest BCUT2D eigenvalue weighted by atomic mass is 16.2. The second kappa shape index (κ2) is 3.44. The van der Waals surface area contributed by atoms with Crippen LogP contribution >= 0.6 is 0 Å². The maximum absolute atomic E-state index is 11.4. The number of carbonyl (C=O) groups excluding carboxylic acids is 1. The predicted molar refractivity (Wildman–Crippen MR) is 54.0 cm³/mol. The van der Waals surface area contributed by atoms with Crippen LogP contribution in [0.3, 0.4) is 0 Å². The Labute approximate surface area is 83.3 Å². The lowest BCUT2D eigenvalue weighted by Gasteiger charge is -2.03. The summed E-state index contributed by atoms with van der Waals surface area (Å²) in [6.45, 7) is 4.11. The molecule has 1 fully saturated rings. The molecular formula is C10H15N3O. The molecule has 0 unspecified atom stereocenters. The first-order chi connectivity index (χ1) is 6.66. The fourth-order valence-electron chi connectivity index (χ4n) is 1.27. The van der Waals surface area contributed by atoms with Crippen LogP contribution < -0.4 is 5.32 Å². The van der Waals surface area contributed by atoms with Gasteiger partial charge in [-0.15, -0.1) is 0 Å². The van der Waals surface area contributed by atoms with E-state index in [1.54, 1.807) is 6.20 Å². The van der Waals surface area contributed by atoms with Gasteiger partial charge in [-0.3, -0.25) is 9.48 Å². The van der Waals surface area contributed by atoms with Gasteiger partial charge < -0.3 is 5.32 Å². The molecule has 76 valence electrons. The van der Waals surface area contributed by atoms with Crippen molar-refractivity contribution in [1.29, 1.82) is 0 Å². The van der Waals surface area contributed by atoms with E-state index in [4.69, 9.17) is 0 Å². The van der Waals surface area contributed by atoms with Gasteiger partial charge in [-0.05, 0) is 26.7 Å². The van der Waals surface area contributed by atoms with Crippen LogP contribution in [0.2, 0.25) is 0 Å². The number of hydrogen-bond donors (Lipinski definition) is 1. The van der Waals surface area contributed by atoms with Crippen molar-refractivity contribution in [2.24, 2.45) is 5.92 Å². The SMILES string of the molecule is CC(C)n1cc(NC(=O)C2CC2)cn1. The topological polar surface area (TPSA) is 46.9 Å². The van der Waals surface area contributed by atoms with E-state index in [0.717, 1.165) is 18.5 Å². The van der Waals surface area contributed by atoms with Crippen molar-refractivity contribution >= 4 is 11.6 Å². The van der Waals surface area contributed by atoms with Crippen molar-refractivity contribution in [3.8, 4) is 0 Å². The van der Waals surface area contributed by atoms with Crippen molar-refractivity contribution in [3.05, 3.63) is 12.4 Å². The zero-order valence-electron chi connectivity index (χ0n) is 8.53. The second-order valence-electron chi connectivity index (χ2n) is 4.07. The Bertz CT molecular complexity index is 339. The summed E-state index contributed by atoms with van der Waals surface area (Å²) in [5.74, 6) is 0.380. The molecule has 0 spiro atoms. The van der Waals surface area contributed by atoms with Crippen LogP contribution in [0.1, 0.15) is 32.7 Å². The zero-order valence-corrected chi connectivity index (χ0v) is 8.53. The van der Waals surface area contributed by atoms with E-state index in [-0.39, 0.29) is 11.8 Å². The number of carbonyl (C=O) groups is 1. The molecule has 1 heterocycles. The van der Waals surface area contributed by atoms with Crippen molar-refractivity contribution < 1.29 is 4.79 Å². The molecular weight excluding hydrogens is 178 g/mol. The largest absolute Gasteiger partial charge is 0.323 e. The van der Waals surface area contributed by atoms with E-state index in [1.165, 1.54) is 0 Å². The summed E-state index contributed by atoms with van der Waals surface area (Å²) in [5.41, 5.74) is 0.801. The molecule has 1 aromatic rings. The van der Waals surface area contributed by atoms with Gasteiger partial charge >= 0.3 is 0 Å². The van der Waals surface area contributed by atoms with Crippen LogP contribution in [-0.2, 0) is 4.79 Å². The molecule has 1 N–H and O–H groups in total. The average Bonchev–Trinajstić information content (AvgIpc) is 2.87. The Morgan fingerprint density at radius 2 is 2.36 bits per heavy atom. The Morgan fingerprint density at radius 1 is 1.64 bits per heavy atom. The third kappa shape index (κ3) is 1.95. The maximum Gasteiger partial charge on any atom is 0.227 e. The van der Waals surface area contributed by atoms with Crippen molar-refractivity contribution in [2.75, 3.05) is 5.32 Å². The van der Waals surface area contributed by atoms with Crippen LogP contribution in [0.4, 0.5) is 5.69 Å². The first-order valence-corrected chi connectivity index (χ1v) is 5.02. The number of nitrogens with zero attached hydrogens (tertiary/aromatic N) is 2. The van der Waals surface area contributed by atoms with Crippen molar-refractivity contribution in [1.82, 2.24) is 9.78 Å². The molecule has 0 radical (unpaired) electrons. The van der Waals surface area contributed by atoms with Crippen molar-refractivity contribution in [3.63, 3.8) is 0 Å². The van der Waals surface area contributed by atoms with Crippen LogP contribution in [0.15, 0.2) is 12.4 Å². The predicted octanol–water partition coefficient (Wildman–Crippen LogP) is 1.81. The van der Waals surface area contributed by atoms with Crippen LogP contribution in [0, 0.1) is 5.92 Å². The summed E-state index contributed by atoms with van der Waals surface area (Å²) in [5, 5.41) is 7.01. The van der Waals surface area contributed by atoms with Gasteiger partial charge in [0.1, 0.15) is 0 Å². The normalized spacial score (nSPS) is 15.9. The lowest BCUT2D eigenvalue weighted by Crippen LogP contribution is -2.12. The Morgan fingerprint density at radius 3 is 2.86 bits per heavy atom. The summed E-state index contributed by atoms with van der Waals surface area (Å²) >= 11 is 0. The maximum atomic E-state index is 11.4. The zero-order chi connectivity index (χ0) is 10.1. The molecule has 4 heteroatoms. The van der Waals surface area contributed by atoms with Crippen LogP contribution in [0.25, 0.3) is 0 Å². The lowest BCUT2D eigenvalue weighted by atomic mass is 10.4. The summed E-state index contributed by atoms with van der Waals surface area (Å²) in [6, 6.07) is 0.335. The molecule has 0 atom stereocenters. The summed E-state index contributed by atoms with van der Waals surface area (Å²) in [7, 11) is 0. The molecule has 1 aromatic heterocycles. The highest BCUT2D eigenvalue weighted by Gasteiger charge is 2.29. The lowest BCUT2D eigenvalue weighted by molar-refractivity contribution is -0.117. The molecule has 14 heavy (non-hydrogen) atoms. The van der Waals surface area contributed by atoms with E-state index in [9.17, 15) is 4.79 Å². The van der Waals surface area contributed by atoms with Gasteiger partial charge in [-0.1, -0.05) is 0 Å². The fraction of sp³-hybridized carbons (Fsp3) is 0.600. The fourth-order valence-corrected chi connectivity index (χ4v) is 1.27. The second-order valence-corrected chi connectivity index (χ2v) is 4.07. The average molecular weight is 193 g/mol. The Hall–Kier alpha value is -1.32. The molecule has 0 aliphatic heterocycles. The Balaban J connectivity index is 1.98. The van der Waals surface area contributed by atoms with Crippen LogP contribution in [-0.4, -0.2) is 15.7 Å². The van der Waals surface area contributed by atoms with E-state index in [2.05, 4.69) is 24.3 Å². The minimum atomic E-state index is 0.133. The van der Waals surface area contributed by atoms with Gasteiger partial charge in [0.15, 0.2) is 0 Å². The number of anilines is 1. The summed E-state index contributed by atoms with van der Waals surface area (Å²) < 4.78 is 1.84. The molecule has 1 aliphatic carbocycles. The number of rotatable bonds is 3. The van der Waals surface area contributed by atoms with Gasteiger partial charge in [0, 0.05) is 18.2 Å². The van der Waals surface area contributed by atoms with Gasteiger partial charge in [-0.2, -0.15) is 5.10 Å². The molecule has 1 aliphatic rings. The van der Waals surface area contributed by atoms with E-state index >= 15 is 0 Å².